The Kier molecular flexibility index (Phi) is 8.17. The lowest BCUT2D eigenvalue weighted by molar-refractivity contribution is -0.144. The fraction of sp³-hybridized carbons (Fsp3) is 0.500. The van der Waals surface area contributed by atoms with Crippen molar-refractivity contribution >= 4 is 18.0 Å². The minimum atomic E-state index is -1.19. The van der Waals surface area contributed by atoms with E-state index in [9.17, 15) is 14.4 Å². The molecule has 7 heteroatoms. The summed E-state index contributed by atoms with van der Waals surface area (Å²) in [5, 5.41) is 5.28. The van der Waals surface area contributed by atoms with Crippen molar-refractivity contribution in [3.8, 4) is 23.7 Å². The summed E-state index contributed by atoms with van der Waals surface area (Å²) in [5.74, 6) is 11.7. The van der Waals surface area contributed by atoms with Gasteiger partial charge in [-0.05, 0) is 83.1 Å². The van der Waals surface area contributed by atoms with Gasteiger partial charge in [-0.2, -0.15) is 0 Å². The third kappa shape index (κ3) is 8.20. The Balaban J connectivity index is 2.08. The van der Waals surface area contributed by atoms with Gasteiger partial charge in [0.2, 0.25) is 0 Å². The van der Waals surface area contributed by atoms with Crippen LogP contribution in [0.2, 0.25) is 0 Å². The minimum Gasteiger partial charge on any atom is -0.467 e. The van der Waals surface area contributed by atoms with Crippen molar-refractivity contribution < 1.29 is 23.9 Å². The molecule has 0 aromatic heterocycles. The van der Waals surface area contributed by atoms with Gasteiger partial charge >= 0.3 is 12.1 Å². The Morgan fingerprint density at radius 3 is 2.18 bits per heavy atom. The van der Waals surface area contributed by atoms with Crippen molar-refractivity contribution in [1.82, 2.24) is 10.6 Å². The van der Waals surface area contributed by atoms with Crippen LogP contribution in [0.15, 0.2) is 24.3 Å². The van der Waals surface area contributed by atoms with Crippen LogP contribution in [-0.4, -0.2) is 42.3 Å². The van der Waals surface area contributed by atoms with Gasteiger partial charge in [0.15, 0.2) is 0 Å². The smallest absolute Gasteiger partial charge is 0.408 e. The Morgan fingerprint density at radius 2 is 1.67 bits per heavy atom. The number of esters is 1. The summed E-state index contributed by atoms with van der Waals surface area (Å²) in [5.41, 5.74) is -0.841. The topological polar surface area (TPSA) is 93.7 Å². The Hall–Kier alpha value is -3.45. The van der Waals surface area contributed by atoms with Crippen LogP contribution in [0.5, 0.6) is 0 Å². The van der Waals surface area contributed by atoms with E-state index in [2.05, 4.69) is 41.2 Å². The summed E-state index contributed by atoms with van der Waals surface area (Å²) in [4.78, 5) is 37.4. The van der Waals surface area contributed by atoms with Gasteiger partial charge in [0.05, 0.1) is 12.6 Å². The maximum atomic E-state index is 12.8. The van der Waals surface area contributed by atoms with Crippen LogP contribution in [0.4, 0.5) is 4.79 Å². The summed E-state index contributed by atoms with van der Waals surface area (Å²) in [7, 11) is 1.21. The highest BCUT2D eigenvalue weighted by Gasteiger charge is 2.40. The number of nitrogens with one attached hydrogen (secondary N) is 2. The lowest BCUT2D eigenvalue weighted by Crippen LogP contribution is -2.62. The maximum Gasteiger partial charge on any atom is 0.408 e. The van der Waals surface area contributed by atoms with E-state index in [1.54, 1.807) is 58.9 Å². The van der Waals surface area contributed by atoms with Gasteiger partial charge in [-0.3, -0.25) is 4.79 Å². The first-order chi connectivity index (χ1) is 15.3. The standard InChI is InChI=1S/C26H32N2O5/c1-17-16-20(17)11-9-8-10-18-12-14-19(15-13-18)22(29)27-21(23(30)32-7)26(5,6)28-24(31)33-25(2,3)4/h12-15,17,20-21H,16H2,1-7H3,(H,27,29)(H,28,31)/t17-,20-,21-/m1/s1. The fourth-order valence-electron chi connectivity index (χ4n) is 2.97. The molecule has 0 aliphatic heterocycles. The van der Waals surface area contributed by atoms with E-state index in [4.69, 9.17) is 9.47 Å². The monoisotopic (exact) mass is 452 g/mol. The molecule has 0 spiro atoms. The average molecular weight is 453 g/mol. The van der Waals surface area contributed by atoms with Crippen LogP contribution in [0.25, 0.3) is 0 Å². The van der Waals surface area contributed by atoms with E-state index < -0.39 is 35.2 Å². The van der Waals surface area contributed by atoms with Gasteiger partial charge in [-0.25, -0.2) is 9.59 Å². The summed E-state index contributed by atoms with van der Waals surface area (Å²) in [6.45, 7) is 10.5. The Bertz CT molecular complexity index is 1010. The number of benzene rings is 1. The lowest BCUT2D eigenvalue weighted by Gasteiger charge is -2.34. The average Bonchev–Trinajstić information content (AvgIpc) is 3.42. The summed E-state index contributed by atoms with van der Waals surface area (Å²) < 4.78 is 10.1. The molecule has 0 bridgehead atoms. The Labute approximate surface area is 196 Å². The van der Waals surface area contributed by atoms with Crippen LogP contribution in [0.1, 0.15) is 63.9 Å². The lowest BCUT2D eigenvalue weighted by atomic mass is 9.94. The van der Waals surface area contributed by atoms with Gasteiger partial charge in [-0.15, -0.1) is 0 Å². The van der Waals surface area contributed by atoms with Crippen molar-refractivity contribution in [2.45, 2.75) is 65.1 Å². The molecule has 7 nitrogen and oxygen atoms in total. The highest BCUT2D eigenvalue weighted by Crippen LogP contribution is 2.36. The Morgan fingerprint density at radius 1 is 1.06 bits per heavy atom. The zero-order valence-electron chi connectivity index (χ0n) is 20.3. The number of hydrogen-bond donors (Lipinski definition) is 2. The highest BCUT2D eigenvalue weighted by atomic mass is 16.6. The third-order valence-corrected chi connectivity index (χ3v) is 5.04. The first-order valence-electron chi connectivity index (χ1n) is 10.8. The largest absolute Gasteiger partial charge is 0.467 e. The number of carbonyl (C=O) groups is 3. The second kappa shape index (κ2) is 10.4. The van der Waals surface area contributed by atoms with Gasteiger partial charge in [0.1, 0.15) is 11.6 Å². The molecule has 176 valence electrons. The number of amides is 2. The molecule has 0 heterocycles. The van der Waals surface area contributed by atoms with Crippen LogP contribution in [0, 0.1) is 35.5 Å². The first kappa shape index (κ1) is 25.8. The van der Waals surface area contributed by atoms with Crippen LogP contribution < -0.4 is 10.6 Å². The second-order valence-corrected chi connectivity index (χ2v) is 9.69. The van der Waals surface area contributed by atoms with E-state index in [-0.39, 0.29) is 0 Å². The van der Waals surface area contributed by atoms with Crippen molar-refractivity contribution in [2.75, 3.05) is 7.11 Å². The van der Waals surface area contributed by atoms with Crippen LogP contribution >= 0.6 is 0 Å². The van der Waals surface area contributed by atoms with Gasteiger partial charge in [0.25, 0.3) is 5.91 Å². The fourth-order valence-corrected chi connectivity index (χ4v) is 2.97. The summed E-state index contributed by atoms with van der Waals surface area (Å²) in [6, 6.07) is 5.49. The molecule has 2 amide bonds. The summed E-state index contributed by atoms with van der Waals surface area (Å²) in [6.07, 6.45) is 0.424. The summed E-state index contributed by atoms with van der Waals surface area (Å²) >= 11 is 0. The predicted octanol–water partition coefficient (Wildman–Crippen LogP) is 3.27. The number of alkyl carbamates (subject to hydrolysis) is 1. The normalized spacial score (nSPS) is 17.8. The maximum absolute atomic E-state index is 12.8. The van der Waals surface area contributed by atoms with E-state index in [1.165, 1.54) is 7.11 Å². The van der Waals surface area contributed by atoms with Crippen molar-refractivity contribution in [2.24, 2.45) is 11.8 Å². The van der Waals surface area contributed by atoms with Gasteiger partial charge < -0.3 is 20.1 Å². The number of hydrogen-bond acceptors (Lipinski definition) is 5. The molecule has 0 unspecified atom stereocenters. The molecule has 1 aliphatic carbocycles. The van der Waals surface area contributed by atoms with Crippen LogP contribution in [-0.2, 0) is 14.3 Å². The number of carbonyl (C=O) groups excluding carboxylic acids is 3. The predicted molar refractivity (Wildman–Crippen MR) is 125 cm³/mol. The van der Waals surface area contributed by atoms with Crippen LogP contribution in [0.3, 0.4) is 0 Å². The minimum absolute atomic E-state index is 0.334. The quantitative estimate of drug-likeness (QED) is 0.528. The molecule has 2 N–H and O–H groups in total. The molecule has 2 rings (SSSR count). The SMILES string of the molecule is COC(=O)[C@@H](NC(=O)c1ccc(C#CC#C[C@@H]2C[C@H]2C)cc1)C(C)(C)NC(=O)OC(C)(C)C. The van der Waals surface area contributed by atoms with Gasteiger partial charge in [-0.1, -0.05) is 18.8 Å². The molecule has 33 heavy (non-hydrogen) atoms. The third-order valence-electron chi connectivity index (χ3n) is 5.04. The van der Waals surface area contributed by atoms with E-state index in [1.807, 2.05) is 0 Å². The number of rotatable bonds is 5. The van der Waals surface area contributed by atoms with Gasteiger partial charge in [0, 0.05) is 17.0 Å². The number of methoxy groups -OCH3 is 1. The van der Waals surface area contributed by atoms with E-state index in [0.29, 0.717) is 17.4 Å². The van der Waals surface area contributed by atoms with E-state index >= 15 is 0 Å². The molecule has 1 aromatic rings. The van der Waals surface area contributed by atoms with E-state index in [0.717, 1.165) is 12.0 Å². The highest BCUT2D eigenvalue weighted by molar-refractivity contribution is 5.97. The van der Waals surface area contributed by atoms with Crippen molar-refractivity contribution in [1.29, 1.82) is 0 Å². The molecule has 1 aromatic carbocycles. The molecule has 0 radical (unpaired) electrons. The number of ether oxygens (including phenoxy) is 2. The van der Waals surface area contributed by atoms with Crippen molar-refractivity contribution in [3.63, 3.8) is 0 Å². The molecule has 1 fully saturated rings. The zero-order chi connectivity index (χ0) is 24.8. The zero-order valence-corrected chi connectivity index (χ0v) is 20.3. The first-order valence-corrected chi connectivity index (χ1v) is 10.8. The molecular formula is C26H32N2O5. The van der Waals surface area contributed by atoms with Crippen molar-refractivity contribution in [3.05, 3.63) is 35.4 Å². The molecule has 3 atom stereocenters. The molecular weight excluding hydrogens is 420 g/mol. The second-order valence-electron chi connectivity index (χ2n) is 9.69. The molecule has 0 saturated heterocycles. The molecule has 1 saturated carbocycles. The molecule has 1 aliphatic rings.